The second kappa shape index (κ2) is 2.96. The molecule has 0 amide bonds. The van der Waals surface area contributed by atoms with Crippen molar-refractivity contribution in [1.82, 2.24) is 4.90 Å². The molecule has 0 aromatic heterocycles. The van der Waals surface area contributed by atoms with Crippen LogP contribution in [0.3, 0.4) is 0 Å². The van der Waals surface area contributed by atoms with Gasteiger partial charge in [0.2, 0.25) is 0 Å². The van der Waals surface area contributed by atoms with E-state index in [2.05, 4.69) is 4.90 Å². The Hall–Kier alpha value is -0.150. The van der Waals surface area contributed by atoms with Gasteiger partial charge in [-0.3, -0.25) is 4.90 Å². The first-order chi connectivity index (χ1) is 5.67. The van der Waals surface area contributed by atoms with Crippen LogP contribution in [0, 0.1) is 0 Å². The molecular weight excluding hydrogens is 157 g/mol. The smallest absolute Gasteiger partial charge is 0.122 e. The highest BCUT2D eigenvalue weighted by molar-refractivity contribution is 4.90. The predicted octanol–water partition coefficient (Wildman–Crippen LogP) is 1.21. The van der Waals surface area contributed by atoms with E-state index in [0.717, 1.165) is 26.2 Å². The topological polar surface area (TPSA) is 12.5 Å². The Labute approximate surface area is 72.7 Å². The quantitative estimate of drug-likeness (QED) is 0.591. The molecule has 0 saturated carbocycles. The molecule has 2 aliphatic rings. The number of nitrogens with zero attached hydrogens (tertiary/aromatic N) is 1. The molecule has 2 aliphatic heterocycles. The molecule has 12 heavy (non-hydrogen) atoms. The summed E-state index contributed by atoms with van der Waals surface area (Å²) in [5.41, 5.74) is -0.956. The molecule has 0 aromatic carbocycles. The van der Waals surface area contributed by atoms with Gasteiger partial charge in [-0.05, 0) is 19.8 Å². The highest BCUT2D eigenvalue weighted by atomic mass is 19.1. The van der Waals surface area contributed by atoms with Gasteiger partial charge in [0.25, 0.3) is 0 Å². The molecule has 2 fully saturated rings. The van der Waals surface area contributed by atoms with Crippen LogP contribution in [0.5, 0.6) is 0 Å². The van der Waals surface area contributed by atoms with Gasteiger partial charge in [0.05, 0.1) is 6.61 Å². The number of alkyl halides is 1. The van der Waals surface area contributed by atoms with Crippen molar-refractivity contribution in [2.24, 2.45) is 0 Å². The fourth-order valence-corrected chi connectivity index (χ4v) is 2.08. The number of rotatable bonds is 1. The highest BCUT2D eigenvalue weighted by Crippen LogP contribution is 2.28. The monoisotopic (exact) mass is 173 g/mol. The van der Waals surface area contributed by atoms with Gasteiger partial charge in [-0.15, -0.1) is 0 Å². The van der Waals surface area contributed by atoms with Crippen molar-refractivity contribution in [2.45, 2.75) is 31.5 Å². The Morgan fingerprint density at radius 2 is 2.42 bits per heavy atom. The molecule has 2 unspecified atom stereocenters. The van der Waals surface area contributed by atoms with Crippen molar-refractivity contribution in [3.8, 4) is 0 Å². The number of hydrogen-bond donors (Lipinski definition) is 0. The third-order valence-electron chi connectivity index (χ3n) is 2.88. The van der Waals surface area contributed by atoms with E-state index in [1.54, 1.807) is 6.92 Å². The lowest BCUT2D eigenvalue weighted by Crippen LogP contribution is -2.35. The largest absolute Gasteiger partial charge is 0.380 e. The maximum atomic E-state index is 13.4. The van der Waals surface area contributed by atoms with E-state index in [0.29, 0.717) is 19.0 Å². The third-order valence-corrected chi connectivity index (χ3v) is 2.88. The summed E-state index contributed by atoms with van der Waals surface area (Å²) >= 11 is 0. The summed E-state index contributed by atoms with van der Waals surface area (Å²) in [6.45, 7) is 4.85. The van der Waals surface area contributed by atoms with Crippen molar-refractivity contribution in [3.05, 3.63) is 0 Å². The minimum Gasteiger partial charge on any atom is -0.380 e. The van der Waals surface area contributed by atoms with Crippen LogP contribution in [-0.2, 0) is 4.74 Å². The van der Waals surface area contributed by atoms with Gasteiger partial charge in [0.1, 0.15) is 5.67 Å². The fraction of sp³-hybridized carbons (Fsp3) is 1.00. The number of halogens is 1. The molecular formula is C9H16FNO. The van der Waals surface area contributed by atoms with E-state index in [1.807, 2.05) is 0 Å². The zero-order valence-corrected chi connectivity index (χ0v) is 7.55. The van der Waals surface area contributed by atoms with Crippen LogP contribution in [0.2, 0.25) is 0 Å². The van der Waals surface area contributed by atoms with Crippen LogP contribution in [0.1, 0.15) is 19.8 Å². The minimum atomic E-state index is -0.956. The van der Waals surface area contributed by atoms with Crippen molar-refractivity contribution in [2.75, 3.05) is 26.3 Å². The molecule has 70 valence electrons. The first-order valence-electron chi connectivity index (χ1n) is 4.68. The lowest BCUT2D eigenvalue weighted by atomic mass is 10.1. The van der Waals surface area contributed by atoms with Gasteiger partial charge in [0, 0.05) is 25.7 Å². The summed E-state index contributed by atoms with van der Waals surface area (Å²) in [5, 5.41) is 0. The number of likely N-dealkylation sites (tertiary alicyclic amines) is 1. The van der Waals surface area contributed by atoms with E-state index in [1.165, 1.54) is 0 Å². The molecule has 2 rings (SSSR count). The SMILES string of the molecule is CC1(F)CCN(C2CCOC2)C1. The van der Waals surface area contributed by atoms with Crippen LogP contribution in [0.15, 0.2) is 0 Å². The second-order valence-corrected chi connectivity index (χ2v) is 4.15. The molecule has 0 spiro atoms. The normalized spacial score (nSPS) is 44.0. The van der Waals surface area contributed by atoms with Gasteiger partial charge >= 0.3 is 0 Å². The Kier molecular flexibility index (Phi) is 2.09. The summed E-state index contributed by atoms with van der Waals surface area (Å²) in [7, 11) is 0. The zero-order valence-electron chi connectivity index (χ0n) is 7.55. The average molecular weight is 173 g/mol. The minimum absolute atomic E-state index is 0.488. The van der Waals surface area contributed by atoms with Crippen LogP contribution < -0.4 is 0 Å². The predicted molar refractivity (Wildman–Crippen MR) is 44.9 cm³/mol. The molecule has 0 aromatic rings. The first-order valence-corrected chi connectivity index (χ1v) is 4.68. The maximum absolute atomic E-state index is 13.4. The van der Waals surface area contributed by atoms with E-state index >= 15 is 0 Å². The lowest BCUT2D eigenvalue weighted by molar-refractivity contribution is 0.138. The Balaban J connectivity index is 1.90. The average Bonchev–Trinajstić information content (AvgIpc) is 2.55. The molecule has 2 nitrogen and oxygen atoms in total. The third kappa shape index (κ3) is 1.62. The standard InChI is InChI=1S/C9H16FNO/c1-9(10)3-4-11(7-9)8-2-5-12-6-8/h8H,2-7H2,1H3. The summed E-state index contributed by atoms with van der Waals surface area (Å²) in [6, 6.07) is 0.488. The molecule has 0 bridgehead atoms. The number of hydrogen-bond acceptors (Lipinski definition) is 2. The van der Waals surface area contributed by atoms with Crippen molar-refractivity contribution < 1.29 is 9.13 Å². The highest BCUT2D eigenvalue weighted by Gasteiger charge is 2.37. The fourth-order valence-electron chi connectivity index (χ4n) is 2.08. The Bertz CT molecular complexity index is 166. The van der Waals surface area contributed by atoms with Crippen molar-refractivity contribution in [3.63, 3.8) is 0 Å². The van der Waals surface area contributed by atoms with Crippen molar-refractivity contribution in [1.29, 1.82) is 0 Å². The van der Waals surface area contributed by atoms with E-state index in [9.17, 15) is 4.39 Å². The molecule has 2 heterocycles. The summed E-state index contributed by atoms with van der Waals surface area (Å²) in [6.07, 6.45) is 1.76. The molecule has 3 heteroatoms. The first kappa shape index (κ1) is 8.45. The zero-order chi connectivity index (χ0) is 8.60. The van der Waals surface area contributed by atoms with Crippen LogP contribution >= 0.6 is 0 Å². The van der Waals surface area contributed by atoms with E-state index < -0.39 is 5.67 Å². The van der Waals surface area contributed by atoms with Crippen molar-refractivity contribution >= 4 is 0 Å². The summed E-state index contributed by atoms with van der Waals surface area (Å²) < 4.78 is 18.7. The van der Waals surface area contributed by atoms with Gasteiger partial charge in [0.15, 0.2) is 0 Å². The maximum Gasteiger partial charge on any atom is 0.122 e. The molecule has 0 aliphatic carbocycles. The summed E-state index contributed by atoms with van der Waals surface area (Å²) in [5.74, 6) is 0. The van der Waals surface area contributed by atoms with Crippen LogP contribution in [0.4, 0.5) is 4.39 Å². The lowest BCUT2D eigenvalue weighted by Gasteiger charge is -2.22. The van der Waals surface area contributed by atoms with Gasteiger partial charge in [-0.1, -0.05) is 0 Å². The van der Waals surface area contributed by atoms with Crippen LogP contribution in [0.25, 0.3) is 0 Å². The van der Waals surface area contributed by atoms with Gasteiger partial charge < -0.3 is 4.74 Å². The summed E-state index contributed by atoms with van der Waals surface area (Å²) in [4.78, 5) is 2.23. The Morgan fingerprint density at radius 3 is 2.92 bits per heavy atom. The Morgan fingerprint density at radius 1 is 1.58 bits per heavy atom. The van der Waals surface area contributed by atoms with Gasteiger partial charge in [-0.2, -0.15) is 0 Å². The molecule has 2 atom stereocenters. The van der Waals surface area contributed by atoms with Gasteiger partial charge in [-0.25, -0.2) is 4.39 Å². The van der Waals surface area contributed by atoms with Crippen LogP contribution in [-0.4, -0.2) is 42.9 Å². The van der Waals surface area contributed by atoms with E-state index in [-0.39, 0.29) is 0 Å². The van der Waals surface area contributed by atoms with E-state index in [4.69, 9.17) is 4.74 Å². The molecule has 2 saturated heterocycles. The second-order valence-electron chi connectivity index (χ2n) is 4.15. The number of ether oxygens (including phenoxy) is 1. The molecule has 0 radical (unpaired) electrons. The molecule has 0 N–H and O–H groups in total.